The number of fused-ring (bicyclic) bond motifs is 1. The highest BCUT2D eigenvalue weighted by Crippen LogP contribution is 2.30. The number of benzene rings is 3. The van der Waals surface area contributed by atoms with E-state index in [2.05, 4.69) is 25.8 Å². The van der Waals surface area contributed by atoms with Crippen molar-refractivity contribution in [2.45, 2.75) is 32.9 Å². The van der Waals surface area contributed by atoms with Gasteiger partial charge in [0.15, 0.2) is 5.13 Å². The number of rotatable bonds is 10. The molecule has 0 atom stereocenters. The Balaban J connectivity index is 1.33. The number of ether oxygens (including phenoxy) is 2. The minimum absolute atomic E-state index is 0.285. The van der Waals surface area contributed by atoms with Crippen molar-refractivity contribution in [2.75, 3.05) is 43.2 Å². The molecule has 0 fully saturated rings. The summed E-state index contributed by atoms with van der Waals surface area (Å²) in [6, 6.07) is 20.2. The minimum atomic E-state index is -0.629. The van der Waals surface area contributed by atoms with Crippen LogP contribution in [0.2, 0.25) is 0 Å². The molecule has 0 spiro atoms. The Hall–Kier alpha value is -4.15. The van der Waals surface area contributed by atoms with Crippen LogP contribution in [0.1, 0.15) is 36.7 Å². The van der Waals surface area contributed by atoms with Gasteiger partial charge in [-0.2, -0.15) is 0 Å². The van der Waals surface area contributed by atoms with E-state index in [4.69, 9.17) is 9.47 Å². The van der Waals surface area contributed by atoms with Crippen molar-refractivity contribution >= 4 is 50.1 Å². The average molecular weight is 562 g/mol. The fraction of sp³-hybridized carbons (Fsp3) is 0.300. The Morgan fingerprint density at radius 1 is 0.950 bits per heavy atom. The van der Waals surface area contributed by atoms with Gasteiger partial charge in [0.25, 0.3) is 5.91 Å². The lowest BCUT2D eigenvalue weighted by Crippen LogP contribution is -2.27. The van der Waals surface area contributed by atoms with Gasteiger partial charge in [-0.15, -0.1) is 0 Å². The Morgan fingerprint density at radius 3 is 2.33 bits per heavy atom. The van der Waals surface area contributed by atoms with Gasteiger partial charge in [0.2, 0.25) is 0 Å². The Morgan fingerprint density at radius 2 is 1.65 bits per heavy atom. The molecule has 0 unspecified atom stereocenters. The fourth-order valence-electron chi connectivity index (χ4n) is 3.68. The summed E-state index contributed by atoms with van der Waals surface area (Å²) in [4.78, 5) is 31.8. The molecule has 0 radical (unpaired) electrons. The van der Waals surface area contributed by atoms with Gasteiger partial charge in [-0.3, -0.25) is 10.1 Å². The molecule has 4 aromatic rings. The summed E-state index contributed by atoms with van der Waals surface area (Å²) in [5.41, 5.74) is 2.73. The molecule has 40 heavy (non-hydrogen) atoms. The third kappa shape index (κ3) is 8.42. The third-order valence-electron chi connectivity index (χ3n) is 5.64. The molecular formula is C30H35N5O4S. The van der Waals surface area contributed by atoms with Gasteiger partial charge in [0.05, 0.1) is 21.6 Å². The zero-order valence-corrected chi connectivity index (χ0v) is 24.2. The summed E-state index contributed by atoms with van der Waals surface area (Å²) in [5.74, 6) is 0.550. The maximum Gasteiger partial charge on any atom is 0.412 e. The van der Waals surface area contributed by atoms with Crippen LogP contribution in [0, 0.1) is 0 Å². The number of nitrogens with zero attached hydrogens (tertiary/aromatic N) is 2. The summed E-state index contributed by atoms with van der Waals surface area (Å²) in [6.07, 6.45) is -0.590. The summed E-state index contributed by atoms with van der Waals surface area (Å²) in [6.45, 7) is 7.42. The molecule has 1 heterocycles. The van der Waals surface area contributed by atoms with E-state index in [1.54, 1.807) is 68.5 Å². The molecule has 210 valence electrons. The number of nitrogens with one attached hydrogen (secondary N) is 3. The van der Waals surface area contributed by atoms with Crippen molar-refractivity contribution in [3.05, 3.63) is 77.9 Å². The van der Waals surface area contributed by atoms with Gasteiger partial charge in [0, 0.05) is 18.7 Å². The van der Waals surface area contributed by atoms with Crippen molar-refractivity contribution < 1.29 is 19.1 Å². The molecule has 1 aromatic heterocycles. The van der Waals surface area contributed by atoms with E-state index in [0.717, 1.165) is 33.2 Å². The molecule has 0 saturated carbocycles. The number of para-hydroxylation sites is 2. The molecule has 0 aliphatic heterocycles. The molecule has 3 aromatic carbocycles. The predicted octanol–water partition coefficient (Wildman–Crippen LogP) is 6.45. The van der Waals surface area contributed by atoms with Crippen molar-refractivity contribution in [3.8, 4) is 5.75 Å². The van der Waals surface area contributed by atoms with Crippen LogP contribution in [0.4, 0.5) is 21.3 Å². The first-order chi connectivity index (χ1) is 19.1. The minimum Gasteiger partial charge on any atom is -0.492 e. The lowest BCUT2D eigenvalue weighted by molar-refractivity contribution is 0.0635. The zero-order chi connectivity index (χ0) is 28.7. The van der Waals surface area contributed by atoms with Crippen LogP contribution in [-0.2, 0) is 11.3 Å². The molecule has 4 rings (SSSR count). The van der Waals surface area contributed by atoms with E-state index in [1.807, 2.05) is 44.4 Å². The second-order valence-corrected chi connectivity index (χ2v) is 11.5. The van der Waals surface area contributed by atoms with Crippen LogP contribution in [-0.4, -0.2) is 54.7 Å². The van der Waals surface area contributed by atoms with Gasteiger partial charge in [-0.25, -0.2) is 9.78 Å². The number of aromatic nitrogens is 1. The number of hydrogen-bond donors (Lipinski definition) is 3. The Bertz CT molecular complexity index is 1460. The molecule has 0 saturated heterocycles. The smallest absolute Gasteiger partial charge is 0.412 e. The summed E-state index contributed by atoms with van der Waals surface area (Å²) < 4.78 is 12.2. The SMILES string of the molecule is CN(C)CCOc1ccc2nc(NCc3ccc(C(=O)Nc4ccccc4NC(=O)OC(C)(C)C)cc3)sc2c1. The highest BCUT2D eigenvalue weighted by atomic mass is 32.1. The average Bonchev–Trinajstić information content (AvgIpc) is 3.30. The monoisotopic (exact) mass is 561 g/mol. The molecule has 10 heteroatoms. The normalized spacial score (nSPS) is 11.3. The fourth-order valence-corrected chi connectivity index (χ4v) is 4.57. The highest BCUT2D eigenvalue weighted by molar-refractivity contribution is 7.22. The summed E-state index contributed by atoms with van der Waals surface area (Å²) in [7, 11) is 4.04. The Kier molecular flexibility index (Phi) is 9.23. The number of carbonyl (C=O) groups excluding carboxylic acids is 2. The lowest BCUT2D eigenvalue weighted by Gasteiger charge is -2.20. The summed E-state index contributed by atoms with van der Waals surface area (Å²) in [5, 5.41) is 9.74. The van der Waals surface area contributed by atoms with Crippen LogP contribution in [0.3, 0.4) is 0 Å². The standard InChI is InChI=1S/C30H35N5O4S/c1-30(2,3)39-29(37)34-24-9-7-6-8-23(24)32-27(36)21-12-10-20(11-13-21)19-31-28-33-25-15-14-22(18-26(25)40-28)38-17-16-35(4)5/h6-15,18H,16-17,19H2,1-5H3,(H,31,33)(H,32,36)(H,34,37). The number of hydrogen-bond acceptors (Lipinski definition) is 8. The van der Waals surface area contributed by atoms with Crippen molar-refractivity contribution in [1.29, 1.82) is 0 Å². The van der Waals surface area contributed by atoms with Crippen LogP contribution < -0.4 is 20.7 Å². The van der Waals surface area contributed by atoms with Crippen molar-refractivity contribution in [2.24, 2.45) is 0 Å². The van der Waals surface area contributed by atoms with Gasteiger partial charge in [-0.1, -0.05) is 35.6 Å². The van der Waals surface area contributed by atoms with E-state index in [0.29, 0.717) is 30.1 Å². The van der Waals surface area contributed by atoms with E-state index in [9.17, 15) is 9.59 Å². The van der Waals surface area contributed by atoms with Crippen LogP contribution in [0.25, 0.3) is 10.2 Å². The first-order valence-electron chi connectivity index (χ1n) is 13.0. The van der Waals surface area contributed by atoms with Gasteiger partial charge in [-0.05, 0) is 82.9 Å². The lowest BCUT2D eigenvalue weighted by atomic mass is 10.1. The highest BCUT2D eigenvalue weighted by Gasteiger charge is 2.18. The zero-order valence-electron chi connectivity index (χ0n) is 23.4. The van der Waals surface area contributed by atoms with Gasteiger partial charge >= 0.3 is 6.09 Å². The molecule has 3 N–H and O–H groups in total. The quantitative estimate of drug-likeness (QED) is 0.204. The van der Waals surface area contributed by atoms with E-state index in [-0.39, 0.29) is 5.91 Å². The largest absolute Gasteiger partial charge is 0.492 e. The maximum absolute atomic E-state index is 12.9. The molecule has 0 bridgehead atoms. The first kappa shape index (κ1) is 28.8. The molecule has 9 nitrogen and oxygen atoms in total. The van der Waals surface area contributed by atoms with E-state index in [1.165, 1.54) is 0 Å². The molecule has 0 aliphatic rings. The van der Waals surface area contributed by atoms with Crippen molar-refractivity contribution in [3.63, 3.8) is 0 Å². The van der Waals surface area contributed by atoms with E-state index >= 15 is 0 Å². The molecular weight excluding hydrogens is 526 g/mol. The number of carbonyl (C=O) groups is 2. The van der Waals surface area contributed by atoms with Crippen LogP contribution in [0.5, 0.6) is 5.75 Å². The maximum atomic E-state index is 12.9. The topological polar surface area (TPSA) is 105 Å². The van der Waals surface area contributed by atoms with E-state index < -0.39 is 11.7 Å². The second-order valence-electron chi connectivity index (χ2n) is 10.5. The predicted molar refractivity (Wildman–Crippen MR) is 162 cm³/mol. The Labute approximate surface area is 238 Å². The third-order valence-corrected chi connectivity index (χ3v) is 6.61. The number of likely N-dealkylation sites (N-methyl/N-ethyl adjacent to an activating group) is 1. The second kappa shape index (κ2) is 12.8. The number of anilines is 3. The van der Waals surface area contributed by atoms with Gasteiger partial charge in [0.1, 0.15) is 18.0 Å². The van der Waals surface area contributed by atoms with Crippen LogP contribution in [0.15, 0.2) is 66.7 Å². The first-order valence-corrected chi connectivity index (χ1v) is 13.8. The van der Waals surface area contributed by atoms with Gasteiger partial charge < -0.3 is 25.0 Å². The molecule has 2 amide bonds. The number of thiazole rings is 1. The van der Waals surface area contributed by atoms with Crippen LogP contribution >= 0.6 is 11.3 Å². The molecule has 0 aliphatic carbocycles. The summed E-state index contributed by atoms with van der Waals surface area (Å²) >= 11 is 1.57. The van der Waals surface area contributed by atoms with Crippen molar-refractivity contribution in [1.82, 2.24) is 9.88 Å². The number of amides is 2.